The molecule has 0 bridgehead atoms. The third-order valence-electron chi connectivity index (χ3n) is 4.26. The number of hydrogen-bond donors (Lipinski definition) is 0. The Kier molecular flexibility index (Phi) is 5.05. The van der Waals surface area contributed by atoms with Gasteiger partial charge in [0.25, 0.3) is 11.1 Å². The topological polar surface area (TPSA) is 103 Å². The molecule has 0 aliphatic carbocycles. The standard InChI is InChI=1S/C20H14N2O6S/c23-19-17(12-14-8-9-18(28-14)22(25)26)29-20(24)21(19)10-11-27-16-7-3-5-13-4-1-2-6-15(13)16/h1-9,12H,10-11H2/b17-12-. The van der Waals surface area contributed by atoms with Gasteiger partial charge in [-0.25, -0.2) is 0 Å². The van der Waals surface area contributed by atoms with E-state index in [4.69, 9.17) is 9.15 Å². The van der Waals surface area contributed by atoms with Crippen LogP contribution in [0.15, 0.2) is 63.9 Å². The van der Waals surface area contributed by atoms with Gasteiger partial charge in [-0.15, -0.1) is 0 Å². The van der Waals surface area contributed by atoms with Gasteiger partial charge in [0.15, 0.2) is 0 Å². The Balaban J connectivity index is 1.42. The summed E-state index contributed by atoms with van der Waals surface area (Å²) in [4.78, 5) is 35.9. The van der Waals surface area contributed by atoms with Gasteiger partial charge in [0.2, 0.25) is 0 Å². The van der Waals surface area contributed by atoms with Crippen molar-refractivity contribution in [3.8, 4) is 5.75 Å². The predicted octanol–water partition coefficient (Wildman–Crippen LogP) is 4.46. The summed E-state index contributed by atoms with van der Waals surface area (Å²) in [6.45, 7) is 0.231. The number of hydrogen-bond acceptors (Lipinski definition) is 7. The van der Waals surface area contributed by atoms with E-state index < -0.39 is 22.0 Å². The molecule has 0 spiro atoms. The van der Waals surface area contributed by atoms with Gasteiger partial charge < -0.3 is 9.15 Å². The molecular weight excluding hydrogens is 396 g/mol. The quantitative estimate of drug-likeness (QED) is 0.336. The molecule has 1 saturated heterocycles. The fourth-order valence-corrected chi connectivity index (χ4v) is 3.75. The second-order valence-electron chi connectivity index (χ2n) is 6.09. The molecule has 9 heteroatoms. The highest BCUT2D eigenvalue weighted by atomic mass is 32.2. The first-order valence-electron chi connectivity index (χ1n) is 8.63. The smallest absolute Gasteiger partial charge is 0.433 e. The van der Waals surface area contributed by atoms with Crippen LogP contribution >= 0.6 is 11.8 Å². The molecule has 4 rings (SSSR count). The van der Waals surface area contributed by atoms with Gasteiger partial charge in [-0.2, -0.15) is 0 Å². The van der Waals surface area contributed by atoms with Gasteiger partial charge in [0.05, 0.1) is 17.5 Å². The summed E-state index contributed by atoms with van der Waals surface area (Å²) in [5.74, 6) is -0.109. The maximum atomic E-state index is 12.5. The number of amides is 2. The molecule has 3 aromatic rings. The van der Waals surface area contributed by atoms with Crippen LogP contribution in [0.4, 0.5) is 10.7 Å². The fraction of sp³-hybridized carbons (Fsp3) is 0.100. The van der Waals surface area contributed by atoms with E-state index in [0.29, 0.717) is 5.75 Å². The largest absolute Gasteiger partial charge is 0.491 e. The minimum atomic E-state index is -0.673. The summed E-state index contributed by atoms with van der Waals surface area (Å²) in [6, 6.07) is 16.0. The van der Waals surface area contributed by atoms with Gasteiger partial charge in [0, 0.05) is 11.5 Å². The third kappa shape index (κ3) is 3.85. The minimum Gasteiger partial charge on any atom is -0.491 e. The molecular formula is C20H14N2O6S. The second-order valence-corrected chi connectivity index (χ2v) is 7.09. The van der Waals surface area contributed by atoms with Crippen molar-refractivity contribution in [1.82, 2.24) is 4.90 Å². The van der Waals surface area contributed by atoms with Gasteiger partial charge in [-0.3, -0.25) is 24.6 Å². The van der Waals surface area contributed by atoms with Crippen LogP contribution in [-0.2, 0) is 4.79 Å². The van der Waals surface area contributed by atoms with Crippen molar-refractivity contribution in [2.45, 2.75) is 0 Å². The van der Waals surface area contributed by atoms with Crippen LogP contribution in [0, 0.1) is 10.1 Å². The van der Waals surface area contributed by atoms with E-state index in [1.165, 1.54) is 18.2 Å². The Hall–Kier alpha value is -3.59. The number of ether oxygens (including phenoxy) is 1. The van der Waals surface area contributed by atoms with Crippen LogP contribution in [0.5, 0.6) is 5.75 Å². The Labute approximate surface area is 168 Å². The molecule has 146 valence electrons. The SMILES string of the molecule is O=C1S/C(=C\c2ccc([N+](=O)[O-])o2)C(=O)N1CCOc1cccc2ccccc12. The lowest BCUT2D eigenvalue weighted by Crippen LogP contribution is -2.32. The molecule has 0 N–H and O–H groups in total. The summed E-state index contributed by atoms with van der Waals surface area (Å²) < 4.78 is 10.8. The molecule has 0 radical (unpaired) electrons. The van der Waals surface area contributed by atoms with E-state index in [2.05, 4.69) is 0 Å². The average Bonchev–Trinajstić information content (AvgIpc) is 3.28. The first kappa shape index (κ1) is 18.8. The number of carbonyl (C=O) groups excluding carboxylic acids is 2. The van der Waals surface area contributed by atoms with Crippen LogP contribution in [0.3, 0.4) is 0 Å². The zero-order valence-corrected chi connectivity index (χ0v) is 15.8. The van der Waals surface area contributed by atoms with Crippen molar-refractivity contribution in [2.24, 2.45) is 0 Å². The van der Waals surface area contributed by atoms with Crippen LogP contribution in [0.1, 0.15) is 5.76 Å². The van der Waals surface area contributed by atoms with Gasteiger partial charge >= 0.3 is 5.88 Å². The molecule has 1 aliphatic heterocycles. The molecule has 2 amide bonds. The molecule has 2 heterocycles. The molecule has 2 aromatic carbocycles. The van der Waals surface area contributed by atoms with Crippen LogP contribution in [0.25, 0.3) is 16.8 Å². The van der Waals surface area contributed by atoms with E-state index in [-0.39, 0.29) is 23.8 Å². The van der Waals surface area contributed by atoms with Gasteiger partial charge in [-0.05, 0) is 29.3 Å². The number of rotatable bonds is 6. The Morgan fingerprint density at radius 2 is 1.90 bits per heavy atom. The van der Waals surface area contributed by atoms with Crippen LogP contribution < -0.4 is 4.74 Å². The van der Waals surface area contributed by atoms with E-state index in [1.54, 1.807) is 0 Å². The highest BCUT2D eigenvalue weighted by Gasteiger charge is 2.35. The lowest BCUT2D eigenvalue weighted by molar-refractivity contribution is -0.402. The monoisotopic (exact) mass is 410 g/mol. The van der Waals surface area contributed by atoms with E-state index in [1.807, 2.05) is 42.5 Å². The number of thioether (sulfide) groups is 1. The van der Waals surface area contributed by atoms with Gasteiger partial charge in [0.1, 0.15) is 23.0 Å². The van der Waals surface area contributed by atoms with Gasteiger partial charge in [-0.1, -0.05) is 36.4 Å². The third-order valence-corrected chi connectivity index (χ3v) is 5.17. The molecule has 1 aliphatic rings. The number of nitrogens with zero attached hydrogens (tertiary/aromatic N) is 2. The number of benzene rings is 2. The number of furan rings is 1. The first-order valence-corrected chi connectivity index (χ1v) is 9.45. The summed E-state index contributed by atoms with van der Waals surface area (Å²) >= 11 is 0.756. The van der Waals surface area contributed by atoms with E-state index >= 15 is 0 Å². The maximum absolute atomic E-state index is 12.5. The Morgan fingerprint density at radius 3 is 2.69 bits per heavy atom. The summed E-state index contributed by atoms with van der Waals surface area (Å²) in [5.41, 5.74) is 0. The number of fused-ring (bicyclic) bond motifs is 1. The fourth-order valence-electron chi connectivity index (χ4n) is 2.91. The summed E-state index contributed by atoms with van der Waals surface area (Å²) in [7, 11) is 0. The van der Waals surface area contributed by atoms with Crippen LogP contribution in [0.2, 0.25) is 0 Å². The Bertz CT molecular complexity index is 1150. The molecule has 0 unspecified atom stereocenters. The molecule has 1 aromatic heterocycles. The van der Waals surface area contributed by atoms with Crippen molar-refractivity contribution in [2.75, 3.05) is 13.2 Å². The zero-order chi connectivity index (χ0) is 20.4. The molecule has 8 nitrogen and oxygen atoms in total. The number of nitro groups is 1. The summed E-state index contributed by atoms with van der Waals surface area (Å²) in [5, 5.41) is 12.2. The lowest BCUT2D eigenvalue weighted by Gasteiger charge is -2.14. The van der Waals surface area contributed by atoms with Crippen molar-refractivity contribution in [3.63, 3.8) is 0 Å². The minimum absolute atomic E-state index is 0.0868. The van der Waals surface area contributed by atoms with Crippen molar-refractivity contribution < 1.29 is 23.7 Å². The lowest BCUT2D eigenvalue weighted by atomic mass is 10.1. The second kappa shape index (κ2) is 7.80. The maximum Gasteiger partial charge on any atom is 0.433 e. The normalized spacial score (nSPS) is 15.4. The summed E-state index contributed by atoms with van der Waals surface area (Å²) in [6.07, 6.45) is 1.32. The molecule has 0 atom stereocenters. The molecule has 0 saturated carbocycles. The zero-order valence-electron chi connectivity index (χ0n) is 14.9. The molecule has 1 fully saturated rings. The number of imide groups is 1. The van der Waals surface area contributed by atoms with Crippen molar-refractivity contribution >= 4 is 45.6 Å². The average molecular weight is 410 g/mol. The van der Waals surface area contributed by atoms with Crippen molar-refractivity contribution in [1.29, 1.82) is 0 Å². The highest BCUT2D eigenvalue weighted by molar-refractivity contribution is 8.18. The predicted molar refractivity (Wildman–Crippen MR) is 107 cm³/mol. The highest BCUT2D eigenvalue weighted by Crippen LogP contribution is 2.33. The molecule has 29 heavy (non-hydrogen) atoms. The van der Waals surface area contributed by atoms with E-state index in [0.717, 1.165) is 27.4 Å². The van der Waals surface area contributed by atoms with Crippen molar-refractivity contribution in [3.05, 3.63) is 75.4 Å². The van der Waals surface area contributed by atoms with E-state index in [9.17, 15) is 19.7 Å². The number of carbonyl (C=O) groups is 2. The Morgan fingerprint density at radius 1 is 1.10 bits per heavy atom. The first-order chi connectivity index (χ1) is 14.0. The van der Waals surface area contributed by atoms with Crippen LogP contribution in [-0.4, -0.2) is 34.1 Å².